The molecule has 0 aliphatic rings. The highest BCUT2D eigenvalue weighted by molar-refractivity contribution is 5.79. The number of ether oxygens (including phenoxy) is 1. The van der Waals surface area contributed by atoms with Gasteiger partial charge in [-0.2, -0.15) is 13.2 Å². The van der Waals surface area contributed by atoms with Crippen LogP contribution in [0.15, 0.2) is 29.3 Å². The fourth-order valence-electron chi connectivity index (χ4n) is 1.69. The van der Waals surface area contributed by atoms with Crippen molar-refractivity contribution in [3.8, 4) is 5.75 Å². The number of benzene rings is 1. The first-order valence-electron chi connectivity index (χ1n) is 7.03. The first-order valence-corrected chi connectivity index (χ1v) is 7.03. The summed E-state index contributed by atoms with van der Waals surface area (Å²) in [5.41, 5.74) is 0.155. The average Bonchev–Trinajstić information content (AvgIpc) is 2.43. The maximum Gasteiger partial charge on any atom is 0.573 e. The highest BCUT2D eigenvalue weighted by atomic mass is 19.4. The number of hydrogen-bond acceptors (Lipinski definition) is 2. The monoisotopic (exact) mass is 357 g/mol. The van der Waals surface area contributed by atoms with E-state index in [1.807, 2.05) is 0 Å². The molecule has 0 saturated carbocycles. The molecule has 0 aliphatic heterocycles. The Bertz CT molecular complexity index is 542. The van der Waals surface area contributed by atoms with Crippen molar-refractivity contribution >= 4 is 5.96 Å². The zero-order valence-electron chi connectivity index (χ0n) is 12.8. The third-order valence-corrected chi connectivity index (χ3v) is 2.65. The smallest absolute Gasteiger partial charge is 0.405 e. The second-order valence-electron chi connectivity index (χ2n) is 4.64. The maximum absolute atomic E-state index is 12.3. The summed E-state index contributed by atoms with van der Waals surface area (Å²) in [6.07, 6.45) is -10.2. The molecule has 1 aromatic rings. The van der Waals surface area contributed by atoms with Gasteiger partial charge in [0.2, 0.25) is 0 Å². The molecule has 1 rings (SSSR count). The first kappa shape index (κ1) is 19.9. The van der Waals surface area contributed by atoms with E-state index < -0.39 is 31.3 Å². The summed E-state index contributed by atoms with van der Waals surface area (Å²) in [6, 6.07) is 5.42. The van der Waals surface area contributed by atoms with Gasteiger partial charge in [0.1, 0.15) is 5.75 Å². The number of guanidine groups is 1. The third-order valence-electron chi connectivity index (χ3n) is 2.65. The zero-order chi connectivity index (χ0) is 18.2. The minimum absolute atomic E-state index is 0.0727. The Balaban J connectivity index is 2.75. The van der Waals surface area contributed by atoms with E-state index in [9.17, 15) is 26.3 Å². The van der Waals surface area contributed by atoms with Gasteiger partial charge in [0.15, 0.2) is 5.96 Å². The molecular formula is C14H17F6N3O. The number of nitrogens with one attached hydrogen (secondary N) is 2. The van der Waals surface area contributed by atoms with E-state index in [4.69, 9.17) is 0 Å². The molecule has 136 valence electrons. The van der Waals surface area contributed by atoms with Crippen molar-refractivity contribution in [2.45, 2.75) is 32.4 Å². The minimum Gasteiger partial charge on any atom is -0.405 e. The summed E-state index contributed by atoms with van der Waals surface area (Å²) < 4.78 is 77.3. The Labute approximate surface area is 134 Å². The molecule has 0 spiro atoms. The van der Waals surface area contributed by atoms with Crippen molar-refractivity contribution in [2.24, 2.45) is 4.99 Å². The summed E-state index contributed by atoms with van der Waals surface area (Å²) in [5, 5.41) is 5.19. The normalized spacial score (nSPS) is 12.9. The van der Waals surface area contributed by atoms with Crippen LogP contribution in [0.25, 0.3) is 0 Å². The summed E-state index contributed by atoms with van der Waals surface area (Å²) in [4.78, 5) is 3.97. The van der Waals surface area contributed by atoms with Crippen molar-refractivity contribution in [1.29, 1.82) is 0 Å². The predicted molar refractivity (Wildman–Crippen MR) is 76.6 cm³/mol. The quantitative estimate of drug-likeness (QED) is 0.465. The molecule has 0 radical (unpaired) electrons. The Morgan fingerprint density at radius 2 is 1.75 bits per heavy atom. The number of alkyl halides is 6. The number of nitrogens with zero attached hydrogens (tertiary/aromatic N) is 1. The lowest BCUT2D eigenvalue weighted by Gasteiger charge is -2.14. The highest BCUT2D eigenvalue weighted by Gasteiger charge is 2.32. The van der Waals surface area contributed by atoms with Crippen LogP contribution in [0.5, 0.6) is 5.75 Å². The van der Waals surface area contributed by atoms with Gasteiger partial charge < -0.3 is 15.4 Å². The van der Waals surface area contributed by atoms with Crippen molar-refractivity contribution in [1.82, 2.24) is 10.6 Å². The lowest BCUT2D eigenvalue weighted by molar-refractivity contribution is -0.274. The van der Waals surface area contributed by atoms with E-state index in [1.165, 1.54) is 18.2 Å². The van der Waals surface area contributed by atoms with Gasteiger partial charge in [0.05, 0.1) is 13.0 Å². The molecular weight excluding hydrogens is 340 g/mol. The molecule has 4 nitrogen and oxygen atoms in total. The van der Waals surface area contributed by atoms with Gasteiger partial charge in [-0.3, -0.25) is 0 Å². The molecule has 0 saturated heterocycles. The van der Waals surface area contributed by atoms with E-state index in [0.717, 1.165) is 6.07 Å². The van der Waals surface area contributed by atoms with Crippen LogP contribution in [0.3, 0.4) is 0 Å². The fraction of sp³-hybridized carbons (Fsp3) is 0.500. The summed E-state index contributed by atoms with van der Waals surface area (Å²) in [5.74, 6) is -0.330. The van der Waals surface area contributed by atoms with Gasteiger partial charge in [-0.1, -0.05) is 18.2 Å². The van der Waals surface area contributed by atoms with Crippen LogP contribution in [0, 0.1) is 0 Å². The van der Waals surface area contributed by atoms with Crippen molar-refractivity contribution in [2.75, 3.05) is 13.1 Å². The highest BCUT2D eigenvalue weighted by Crippen LogP contribution is 2.26. The Kier molecular flexibility index (Phi) is 7.18. The summed E-state index contributed by atoms with van der Waals surface area (Å²) in [7, 11) is 0. The number of halogens is 6. The van der Waals surface area contributed by atoms with Crippen LogP contribution in [0.4, 0.5) is 26.3 Å². The SMILES string of the molecule is CCNC(=NCc1ccccc1OC(F)(F)F)NCCC(F)(F)F. The lowest BCUT2D eigenvalue weighted by atomic mass is 10.2. The molecule has 0 fully saturated rings. The van der Waals surface area contributed by atoms with E-state index in [0.29, 0.717) is 6.54 Å². The predicted octanol–water partition coefficient (Wildman–Crippen LogP) is 3.59. The molecule has 0 aliphatic carbocycles. The third kappa shape index (κ3) is 8.49. The van der Waals surface area contributed by atoms with Crippen LogP contribution in [-0.2, 0) is 6.54 Å². The van der Waals surface area contributed by atoms with Crippen LogP contribution >= 0.6 is 0 Å². The van der Waals surface area contributed by atoms with Gasteiger partial charge in [-0.15, -0.1) is 13.2 Å². The van der Waals surface area contributed by atoms with E-state index in [1.54, 1.807) is 6.92 Å². The standard InChI is InChI=1S/C14H17F6N3O/c1-2-21-12(22-8-7-13(15,16)17)23-9-10-5-3-4-6-11(10)24-14(18,19)20/h3-6H,2,7-9H2,1H3,(H2,21,22,23). The number of para-hydroxylation sites is 1. The number of hydrogen-bond donors (Lipinski definition) is 2. The van der Waals surface area contributed by atoms with Crippen LogP contribution in [-0.4, -0.2) is 31.6 Å². The van der Waals surface area contributed by atoms with Crippen molar-refractivity contribution in [3.63, 3.8) is 0 Å². The van der Waals surface area contributed by atoms with Gasteiger partial charge in [-0.05, 0) is 13.0 Å². The number of rotatable bonds is 6. The molecule has 0 amide bonds. The molecule has 2 N–H and O–H groups in total. The maximum atomic E-state index is 12.3. The Morgan fingerprint density at radius 1 is 1.08 bits per heavy atom. The van der Waals surface area contributed by atoms with E-state index in [2.05, 4.69) is 20.4 Å². The molecule has 24 heavy (non-hydrogen) atoms. The minimum atomic E-state index is -4.84. The summed E-state index contributed by atoms with van der Waals surface area (Å²) >= 11 is 0. The molecule has 0 heterocycles. The molecule has 1 aromatic carbocycles. The van der Waals surface area contributed by atoms with E-state index >= 15 is 0 Å². The van der Waals surface area contributed by atoms with Crippen LogP contribution in [0.1, 0.15) is 18.9 Å². The topological polar surface area (TPSA) is 45.7 Å². The van der Waals surface area contributed by atoms with E-state index in [-0.39, 0.29) is 18.1 Å². The molecule has 0 bridgehead atoms. The van der Waals surface area contributed by atoms with Crippen molar-refractivity contribution in [3.05, 3.63) is 29.8 Å². The van der Waals surface area contributed by atoms with Crippen LogP contribution in [0.2, 0.25) is 0 Å². The first-order chi connectivity index (χ1) is 11.1. The van der Waals surface area contributed by atoms with Crippen LogP contribution < -0.4 is 15.4 Å². The number of aliphatic imine (C=N–C) groups is 1. The summed E-state index contributed by atoms with van der Waals surface area (Å²) in [6.45, 7) is 1.52. The fourth-order valence-corrected chi connectivity index (χ4v) is 1.69. The van der Waals surface area contributed by atoms with Gasteiger partial charge in [0, 0.05) is 18.7 Å². The Hall–Kier alpha value is -2.13. The van der Waals surface area contributed by atoms with Gasteiger partial charge in [-0.25, -0.2) is 4.99 Å². The molecule has 0 aromatic heterocycles. The molecule has 0 atom stereocenters. The van der Waals surface area contributed by atoms with Crippen molar-refractivity contribution < 1.29 is 31.1 Å². The molecule has 10 heteroatoms. The zero-order valence-corrected chi connectivity index (χ0v) is 12.8. The lowest BCUT2D eigenvalue weighted by Crippen LogP contribution is -2.38. The molecule has 0 unspecified atom stereocenters. The van der Waals surface area contributed by atoms with Gasteiger partial charge in [0.25, 0.3) is 0 Å². The van der Waals surface area contributed by atoms with Gasteiger partial charge >= 0.3 is 12.5 Å². The Morgan fingerprint density at radius 3 is 2.33 bits per heavy atom. The largest absolute Gasteiger partial charge is 0.573 e. The second kappa shape index (κ2) is 8.65. The second-order valence-corrected chi connectivity index (χ2v) is 4.64. The average molecular weight is 357 g/mol.